The van der Waals surface area contributed by atoms with E-state index < -0.39 is 0 Å². The average Bonchev–Trinajstić information content (AvgIpc) is 2.64. The lowest BCUT2D eigenvalue weighted by molar-refractivity contribution is 0.375. The standard InChI is InChI=1S/C14H20N2S/c1-14(2,3)9-12-10-15-13(17-12)16-11-7-5-4-6-8-11/h4-8,12H,9-10H2,1-3H3,(H,15,16). The zero-order chi connectivity index (χ0) is 12.3. The summed E-state index contributed by atoms with van der Waals surface area (Å²) in [6.07, 6.45) is 1.21. The second kappa shape index (κ2) is 5.13. The third-order valence-electron chi connectivity index (χ3n) is 2.58. The molecule has 2 nitrogen and oxygen atoms in total. The van der Waals surface area contributed by atoms with E-state index in [0.717, 1.165) is 17.4 Å². The number of amidine groups is 1. The Bertz CT molecular complexity index is 392. The third kappa shape index (κ3) is 4.08. The summed E-state index contributed by atoms with van der Waals surface area (Å²) in [5.41, 5.74) is 1.50. The molecular formula is C14H20N2S. The van der Waals surface area contributed by atoms with E-state index in [4.69, 9.17) is 0 Å². The molecule has 1 N–H and O–H groups in total. The van der Waals surface area contributed by atoms with Crippen molar-refractivity contribution in [2.24, 2.45) is 10.4 Å². The van der Waals surface area contributed by atoms with Crippen molar-refractivity contribution in [1.82, 2.24) is 0 Å². The van der Waals surface area contributed by atoms with Crippen LogP contribution in [-0.2, 0) is 0 Å². The van der Waals surface area contributed by atoms with E-state index in [0.29, 0.717) is 10.7 Å². The maximum Gasteiger partial charge on any atom is 0.161 e. The van der Waals surface area contributed by atoms with Gasteiger partial charge in [-0.25, -0.2) is 0 Å². The highest BCUT2D eigenvalue weighted by atomic mass is 32.2. The van der Waals surface area contributed by atoms with Crippen LogP contribution in [0.3, 0.4) is 0 Å². The molecule has 0 radical (unpaired) electrons. The highest BCUT2D eigenvalue weighted by Crippen LogP contribution is 2.32. The summed E-state index contributed by atoms with van der Waals surface area (Å²) in [6.45, 7) is 7.81. The molecule has 3 heteroatoms. The molecule has 0 aromatic heterocycles. The number of para-hydroxylation sites is 1. The van der Waals surface area contributed by atoms with E-state index in [2.05, 4.69) is 43.2 Å². The fraction of sp³-hybridized carbons (Fsp3) is 0.500. The fourth-order valence-electron chi connectivity index (χ4n) is 1.92. The third-order valence-corrected chi connectivity index (χ3v) is 3.69. The van der Waals surface area contributed by atoms with Gasteiger partial charge in [-0.05, 0) is 24.0 Å². The summed E-state index contributed by atoms with van der Waals surface area (Å²) in [6, 6.07) is 10.2. The van der Waals surface area contributed by atoms with E-state index >= 15 is 0 Å². The summed E-state index contributed by atoms with van der Waals surface area (Å²) in [4.78, 5) is 4.57. The Morgan fingerprint density at radius 1 is 1.29 bits per heavy atom. The molecule has 0 spiro atoms. The van der Waals surface area contributed by atoms with Crippen LogP contribution in [0.25, 0.3) is 0 Å². The maximum atomic E-state index is 4.57. The largest absolute Gasteiger partial charge is 0.335 e. The highest BCUT2D eigenvalue weighted by molar-refractivity contribution is 8.15. The first-order valence-electron chi connectivity index (χ1n) is 6.06. The van der Waals surface area contributed by atoms with Gasteiger partial charge in [-0.1, -0.05) is 50.7 Å². The summed E-state index contributed by atoms with van der Waals surface area (Å²) < 4.78 is 0. The molecule has 1 aromatic rings. The smallest absolute Gasteiger partial charge is 0.161 e. The molecule has 1 unspecified atom stereocenters. The SMILES string of the molecule is CC(C)(C)CC1CN=C(Nc2ccccc2)S1. The van der Waals surface area contributed by atoms with Gasteiger partial charge in [0.1, 0.15) is 0 Å². The van der Waals surface area contributed by atoms with E-state index in [1.165, 1.54) is 6.42 Å². The molecule has 0 bridgehead atoms. The van der Waals surface area contributed by atoms with Crippen molar-refractivity contribution < 1.29 is 0 Å². The quantitative estimate of drug-likeness (QED) is 0.855. The van der Waals surface area contributed by atoms with Crippen LogP contribution in [0.4, 0.5) is 5.69 Å². The van der Waals surface area contributed by atoms with Crippen molar-refractivity contribution in [3.05, 3.63) is 30.3 Å². The molecule has 1 aliphatic heterocycles. The van der Waals surface area contributed by atoms with Gasteiger partial charge in [0.05, 0.1) is 6.54 Å². The van der Waals surface area contributed by atoms with Gasteiger partial charge >= 0.3 is 0 Å². The zero-order valence-corrected chi connectivity index (χ0v) is 11.6. The second-order valence-corrected chi connectivity index (χ2v) is 6.93. The van der Waals surface area contributed by atoms with Crippen molar-refractivity contribution in [3.8, 4) is 0 Å². The molecular weight excluding hydrogens is 228 g/mol. The predicted molar refractivity (Wildman–Crippen MR) is 77.8 cm³/mol. The average molecular weight is 248 g/mol. The van der Waals surface area contributed by atoms with Crippen LogP contribution in [0, 0.1) is 5.41 Å². The van der Waals surface area contributed by atoms with Crippen molar-refractivity contribution in [2.75, 3.05) is 11.9 Å². The zero-order valence-electron chi connectivity index (χ0n) is 10.7. The van der Waals surface area contributed by atoms with Gasteiger partial charge in [0, 0.05) is 10.9 Å². The lowest BCUT2D eigenvalue weighted by atomic mass is 9.90. The van der Waals surface area contributed by atoms with Gasteiger partial charge in [-0.3, -0.25) is 4.99 Å². The molecule has 0 saturated heterocycles. The molecule has 1 atom stereocenters. The van der Waals surface area contributed by atoms with Gasteiger partial charge < -0.3 is 5.32 Å². The molecule has 2 rings (SSSR count). The molecule has 0 aliphatic carbocycles. The van der Waals surface area contributed by atoms with Crippen molar-refractivity contribution in [3.63, 3.8) is 0 Å². The number of benzene rings is 1. The van der Waals surface area contributed by atoms with Gasteiger partial charge in [0.15, 0.2) is 5.17 Å². The van der Waals surface area contributed by atoms with Crippen LogP contribution >= 0.6 is 11.8 Å². The Kier molecular flexibility index (Phi) is 3.77. The highest BCUT2D eigenvalue weighted by Gasteiger charge is 2.24. The number of rotatable bonds is 2. The van der Waals surface area contributed by atoms with E-state index in [9.17, 15) is 0 Å². The van der Waals surface area contributed by atoms with E-state index in [1.54, 1.807) is 0 Å². The molecule has 17 heavy (non-hydrogen) atoms. The Balaban J connectivity index is 1.86. The number of thioether (sulfide) groups is 1. The Morgan fingerprint density at radius 3 is 2.65 bits per heavy atom. The number of hydrogen-bond acceptors (Lipinski definition) is 3. The Labute approximate surface area is 108 Å². The number of nitrogens with zero attached hydrogens (tertiary/aromatic N) is 1. The van der Waals surface area contributed by atoms with Crippen LogP contribution in [-0.4, -0.2) is 17.0 Å². The molecule has 1 aliphatic rings. The van der Waals surface area contributed by atoms with Crippen molar-refractivity contribution in [1.29, 1.82) is 0 Å². The number of nitrogens with one attached hydrogen (secondary N) is 1. The van der Waals surface area contributed by atoms with Gasteiger partial charge in [0.2, 0.25) is 0 Å². The fourth-order valence-corrected chi connectivity index (χ4v) is 3.29. The van der Waals surface area contributed by atoms with Crippen molar-refractivity contribution >= 4 is 22.6 Å². The number of hydrogen-bond donors (Lipinski definition) is 1. The molecule has 0 fully saturated rings. The predicted octanol–water partition coefficient (Wildman–Crippen LogP) is 4.01. The second-order valence-electron chi connectivity index (χ2n) is 5.64. The van der Waals surface area contributed by atoms with Crippen LogP contribution in [0.15, 0.2) is 35.3 Å². The summed E-state index contributed by atoms with van der Waals surface area (Å²) in [5, 5.41) is 5.06. The first-order valence-corrected chi connectivity index (χ1v) is 6.94. The normalized spacial score (nSPS) is 20.2. The molecule has 1 heterocycles. The van der Waals surface area contributed by atoms with Crippen LogP contribution in [0.2, 0.25) is 0 Å². The van der Waals surface area contributed by atoms with Crippen LogP contribution < -0.4 is 5.32 Å². The molecule has 0 amide bonds. The van der Waals surface area contributed by atoms with E-state index in [-0.39, 0.29) is 0 Å². The molecule has 0 saturated carbocycles. The van der Waals surface area contributed by atoms with Gasteiger partial charge in [0.25, 0.3) is 0 Å². The van der Waals surface area contributed by atoms with Gasteiger partial charge in [-0.2, -0.15) is 0 Å². The first kappa shape index (κ1) is 12.5. The van der Waals surface area contributed by atoms with E-state index in [1.807, 2.05) is 30.0 Å². The summed E-state index contributed by atoms with van der Waals surface area (Å²) in [5.74, 6) is 0. The monoisotopic (exact) mass is 248 g/mol. The van der Waals surface area contributed by atoms with Crippen LogP contribution in [0.1, 0.15) is 27.2 Å². The number of aliphatic imine (C=N–C) groups is 1. The Hall–Kier alpha value is -0.960. The topological polar surface area (TPSA) is 24.4 Å². The minimum atomic E-state index is 0.384. The maximum absolute atomic E-state index is 4.57. The minimum Gasteiger partial charge on any atom is -0.335 e. The summed E-state index contributed by atoms with van der Waals surface area (Å²) >= 11 is 1.87. The van der Waals surface area contributed by atoms with Crippen LogP contribution in [0.5, 0.6) is 0 Å². The lowest BCUT2D eigenvalue weighted by Crippen LogP contribution is -2.16. The van der Waals surface area contributed by atoms with Gasteiger partial charge in [-0.15, -0.1) is 0 Å². The number of anilines is 1. The van der Waals surface area contributed by atoms with Crippen molar-refractivity contribution in [2.45, 2.75) is 32.4 Å². The molecule has 1 aromatic carbocycles. The first-order chi connectivity index (χ1) is 8.03. The Morgan fingerprint density at radius 2 is 2.00 bits per heavy atom. The molecule has 92 valence electrons. The summed E-state index contributed by atoms with van der Waals surface area (Å²) in [7, 11) is 0. The minimum absolute atomic E-state index is 0.384. The lowest BCUT2D eigenvalue weighted by Gasteiger charge is -2.21.